The quantitative estimate of drug-likeness (QED) is 0.721. The first kappa shape index (κ1) is 22.8. The second-order valence-corrected chi connectivity index (χ2v) is 9.46. The molecule has 170 valence electrons. The molecule has 0 radical (unpaired) electrons. The van der Waals surface area contributed by atoms with Crippen molar-refractivity contribution in [2.45, 2.75) is 44.7 Å². The molecule has 0 aromatic heterocycles. The van der Waals surface area contributed by atoms with Crippen LogP contribution in [-0.4, -0.2) is 53.8 Å². The standard InChI is InChI=1S/C26H32ClN3O2/c27-23-10-8-21(9-11-23)18-29-15-12-24(13-16-29)28-26(32)22-7-4-14-30(19-22)25(31)17-20-5-2-1-3-6-20/h1-3,5-6,8-11,22,24H,4,7,12-19H2,(H,28,32). The molecule has 0 bridgehead atoms. The molecular weight excluding hydrogens is 422 g/mol. The zero-order chi connectivity index (χ0) is 22.3. The zero-order valence-electron chi connectivity index (χ0n) is 18.5. The van der Waals surface area contributed by atoms with Crippen LogP contribution in [0.5, 0.6) is 0 Å². The van der Waals surface area contributed by atoms with Gasteiger partial charge in [0.15, 0.2) is 0 Å². The van der Waals surface area contributed by atoms with E-state index in [2.05, 4.69) is 22.3 Å². The number of piperidine rings is 2. The third-order valence-electron chi connectivity index (χ3n) is 6.60. The fourth-order valence-electron chi connectivity index (χ4n) is 4.70. The maximum absolute atomic E-state index is 12.9. The number of benzene rings is 2. The van der Waals surface area contributed by atoms with E-state index in [1.165, 1.54) is 5.56 Å². The summed E-state index contributed by atoms with van der Waals surface area (Å²) in [7, 11) is 0. The molecule has 2 fully saturated rings. The number of hydrogen-bond acceptors (Lipinski definition) is 3. The van der Waals surface area contributed by atoms with Crippen LogP contribution in [0.25, 0.3) is 0 Å². The molecule has 1 unspecified atom stereocenters. The van der Waals surface area contributed by atoms with Gasteiger partial charge in [0, 0.05) is 43.8 Å². The van der Waals surface area contributed by atoms with Gasteiger partial charge in [0.25, 0.3) is 0 Å². The van der Waals surface area contributed by atoms with Gasteiger partial charge in [-0.25, -0.2) is 0 Å². The average Bonchev–Trinajstić information content (AvgIpc) is 2.82. The predicted octanol–water partition coefficient (Wildman–Crippen LogP) is 3.90. The molecule has 2 aromatic rings. The van der Waals surface area contributed by atoms with Gasteiger partial charge in [-0.2, -0.15) is 0 Å². The molecule has 32 heavy (non-hydrogen) atoms. The monoisotopic (exact) mass is 453 g/mol. The Bertz CT molecular complexity index is 895. The number of likely N-dealkylation sites (tertiary alicyclic amines) is 2. The van der Waals surface area contributed by atoms with E-state index in [1.807, 2.05) is 47.4 Å². The molecule has 2 saturated heterocycles. The van der Waals surface area contributed by atoms with Crippen molar-refractivity contribution >= 4 is 23.4 Å². The first-order chi connectivity index (χ1) is 15.6. The largest absolute Gasteiger partial charge is 0.353 e. The topological polar surface area (TPSA) is 52.7 Å². The molecule has 2 aliphatic heterocycles. The first-order valence-corrected chi connectivity index (χ1v) is 12.0. The van der Waals surface area contributed by atoms with Crippen LogP contribution < -0.4 is 5.32 Å². The van der Waals surface area contributed by atoms with Crippen molar-refractivity contribution < 1.29 is 9.59 Å². The number of hydrogen-bond donors (Lipinski definition) is 1. The Morgan fingerprint density at radius 3 is 2.34 bits per heavy atom. The Kier molecular flexibility index (Phi) is 7.82. The number of carbonyl (C=O) groups is 2. The van der Waals surface area contributed by atoms with Gasteiger partial charge in [-0.3, -0.25) is 14.5 Å². The molecule has 6 heteroatoms. The lowest BCUT2D eigenvalue weighted by atomic mass is 9.95. The maximum Gasteiger partial charge on any atom is 0.227 e. The van der Waals surface area contributed by atoms with Crippen LogP contribution in [0.4, 0.5) is 0 Å². The Hall–Kier alpha value is -2.37. The molecule has 2 heterocycles. The Morgan fingerprint density at radius 2 is 1.62 bits per heavy atom. The van der Waals surface area contributed by atoms with Crippen molar-refractivity contribution in [2.75, 3.05) is 26.2 Å². The van der Waals surface area contributed by atoms with Crippen LogP contribution in [-0.2, 0) is 22.6 Å². The highest BCUT2D eigenvalue weighted by Crippen LogP contribution is 2.20. The smallest absolute Gasteiger partial charge is 0.227 e. The molecule has 2 amide bonds. The summed E-state index contributed by atoms with van der Waals surface area (Å²) in [6.07, 6.45) is 4.07. The third-order valence-corrected chi connectivity index (χ3v) is 6.85. The van der Waals surface area contributed by atoms with Crippen LogP contribution in [0.15, 0.2) is 54.6 Å². The van der Waals surface area contributed by atoms with E-state index in [-0.39, 0.29) is 23.8 Å². The van der Waals surface area contributed by atoms with Crippen molar-refractivity contribution in [2.24, 2.45) is 5.92 Å². The molecule has 1 atom stereocenters. The average molecular weight is 454 g/mol. The molecular formula is C26H32ClN3O2. The molecule has 0 saturated carbocycles. The molecule has 1 N–H and O–H groups in total. The summed E-state index contributed by atoms with van der Waals surface area (Å²) in [6.45, 7) is 4.14. The SMILES string of the molecule is O=C(NC1CCN(Cc2ccc(Cl)cc2)CC1)C1CCCN(C(=O)Cc2ccccc2)C1. The van der Waals surface area contributed by atoms with Gasteiger partial charge >= 0.3 is 0 Å². The Labute approximate surface area is 195 Å². The van der Waals surface area contributed by atoms with Crippen LogP contribution in [0.3, 0.4) is 0 Å². The van der Waals surface area contributed by atoms with E-state index in [9.17, 15) is 9.59 Å². The summed E-state index contributed by atoms with van der Waals surface area (Å²) >= 11 is 5.97. The Morgan fingerprint density at radius 1 is 0.906 bits per heavy atom. The second kappa shape index (κ2) is 11.0. The van der Waals surface area contributed by atoms with Gasteiger partial charge in [-0.1, -0.05) is 54.1 Å². The minimum Gasteiger partial charge on any atom is -0.353 e. The number of rotatable bonds is 6. The summed E-state index contributed by atoms with van der Waals surface area (Å²) in [5, 5.41) is 4.03. The summed E-state index contributed by atoms with van der Waals surface area (Å²) < 4.78 is 0. The molecule has 2 aromatic carbocycles. The fraction of sp³-hybridized carbons (Fsp3) is 0.462. The number of nitrogens with zero attached hydrogens (tertiary/aromatic N) is 2. The molecule has 4 rings (SSSR count). The number of carbonyl (C=O) groups excluding carboxylic acids is 2. The van der Waals surface area contributed by atoms with Crippen molar-refractivity contribution in [3.05, 3.63) is 70.7 Å². The lowest BCUT2D eigenvalue weighted by Crippen LogP contribution is -2.50. The van der Waals surface area contributed by atoms with Gasteiger partial charge in [0.05, 0.1) is 12.3 Å². The van der Waals surface area contributed by atoms with Gasteiger partial charge in [0.2, 0.25) is 11.8 Å². The van der Waals surface area contributed by atoms with Crippen molar-refractivity contribution in [1.82, 2.24) is 15.1 Å². The normalized spacial score (nSPS) is 20.2. The number of halogens is 1. The Balaban J connectivity index is 1.21. The lowest BCUT2D eigenvalue weighted by molar-refractivity contribution is -0.135. The number of amides is 2. The van der Waals surface area contributed by atoms with Crippen LogP contribution >= 0.6 is 11.6 Å². The second-order valence-electron chi connectivity index (χ2n) is 9.03. The summed E-state index contributed by atoms with van der Waals surface area (Å²) in [5.41, 5.74) is 2.29. The van der Waals surface area contributed by atoms with E-state index in [1.54, 1.807) is 0 Å². The molecule has 5 nitrogen and oxygen atoms in total. The maximum atomic E-state index is 12.9. The van der Waals surface area contributed by atoms with Gasteiger partial charge in [-0.15, -0.1) is 0 Å². The molecule has 0 aliphatic carbocycles. The summed E-state index contributed by atoms with van der Waals surface area (Å²) in [6, 6.07) is 18.1. The lowest BCUT2D eigenvalue weighted by Gasteiger charge is -2.35. The minimum absolute atomic E-state index is 0.101. The molecule has 0 spiro atoms. The van der Waals surface area contributed by atoms with Crippen LogP contribution in [0.1, 0.15) is 36.8 Å². The third kappa shape index (κ3) is 6.33. The van der Waals surface area contributed by atoms with Crippen molar-refractivity contribution in [3.8, 4) is 0 Å². The van der Waals surface area contributed by atoms with Crippen molar-refractivity contribution in [3.63, 3.8) is 0 Å². The van der Waals surface area contributed by atoms with Crippen LogP contribution in [0.2, 0.25) is 5.02 Å². The van der Waals surface area contributed by atoms with E-state index in [4.69, 9.17) is 11.6 Å². The van der Waals surface area contributed by atoms with Crippen LogP contribution in [0, 0.1) is 5.92 Å². The molecule has 2 aliphatic rings. The summed E-state index contributed by atoms with van der Waals surface area (Å²) in [5.74, 6) is 0.123. The fourth-order valence-corrected chi connectivity index (χ4v) is 4.83. The minimum atomic E-state index is -0.101. The van der Waals surface area contributed by atoms with E-state index < -0.39 is 0 Å². The highest BCUT2D eigenvalue weighted by Gasteiger charge is 2.30. The predicted molar refractivity (Wildman–Crippen MR) is 127 cm³/mol. The highest BCUT2D eigenvalue weighted by atomic mass is 35.5. The van der Waals surface area contributed by atoms with E-state index in [0.717, 1.165) is 62.4 Å². The van der Waals surface area contributed by atoms with Gasteiger partial charge in [-0.05, 0) is 48.9 Å². The zero-order valence-corrected chi connectivity index (χ0v) is 19.3. The van der Waals surface area contributed by atoms with E-state index >= 15 is 0 Å². The van der Waals surface area contributed by atoms with Gasteiger partial charge < -0.3 is 10.2 Å². The van der Waals surface area contributed by atoms with Crippen molar-refractivity contribution in [1.29, 1.82) is 0 Å². The highest BCUT2D eigenvalue weighted by molar-refractivity contribution is 6.30. The first-order valence-electron chi connectivity index (χ1n) is 11.7. The summed E-state index contributed by atoms with van der Waals surface area (Å²) in [4.78, 5) is 29.9. The van der Waals surface area contributed by atoms with Gasteiger partial charge in [0.1, 0.15) is 0 Å². The van der Waals surface area contributed by atoms with E-state index in [0.29, 0.717) is 13.0 Å². The number of nitrogens with one attached hydrogen (secondary N) is 1.